The molecule has 0 saturated carbocycles. The number of aliphatic hydroxyl groups is 1. The number of likely N-dealkylation sites (tertiary alicyclic amines) is 1. The van der Waals surface area contributed by atoms with E-state index < -0.39 is 0 Å². The van der Waals surface area contributed by atoms with Crippen LogP contribution in [-0.4, -0.2) is 47.7 Å². The molecule has 0 spiro atoms. The van der Waals surface area contributed by atoms with Crippen LogP contribution in [-0.2, 0) is 4.79 Å². The van der Waals surface area contributed by atoms with Crippen LogP contribution in [0.5, 0.6) is 0 Å². The number of carbonyl (C=O) groups excluding carboxylic acids is 1. The van der Waals surface area contributed by atoms with Crippen LogP contribution >= 0.6 is 0 Å². The van der Waals surface area contributed by atoms with Gasteiger partial charge in [-0.25, -0.2) is 0 Å². The van der Waals surface area contributed by atoms with Gasteiger partial charge in [-0.15, -0.1) is 0 Å². The van der Waals surface area contributed by atoms with Crippen molar-refractivity contribution in [2.45, 2.75) is 51.7 Å². The van der Waals surface area contributed by atoms with E-state index in [1.807, 2.05) is 11.8 Å². The Morgan fingerprint density at radius 1 is 1.09 bits per heavy atom. The second-order valence-electron chi connectivity index (χ2n) is 7.10. The van der Waals surface area contributed by atoms with Gasteiger partial charge in [-0.2, -0.15) is 0 Å². The van der Waals surface area contributed by atoms with Crippen LogP contribution in [0.15, 0.2) is 24.3 Å². The molecular formula is C19H28N2O2. The highest BCUT2D eigenvalue weighted by Crippen LogP contribution is 2.28. The van der Waals surface area contributed by atoms with Crippen molar-refractivity contribution in [3.05, 3.63) is 29.8 Å². The van der Waals surface area contributed by atoms with Gasteiger partial charge in [0, 0.05) is 12.2 Å². The second kappa shape index (κ2) is 7.02. The molecule has 4 heteroatoms. The first-order valence-electron chi connectivity index (χ1n) is 8.86. The highest BCUT2D eigenvalue weighted by molar-refractivity contribution is 5.97. The van der Waals surface area contributed by atoms with Crippen LogP contribution in [0.1, 0.15) is 38.2 Å². The molecule has 2 fully saturated rings. The monoisotopic (exact) mass is 316 g/mol. The number of nitrogens with zero attached hydrogens (tertiary/aromatic N) is 2. The summed E-state index contributed by atoms with van der Waals surface area (Å²) in [6.07, 6.45) is 3.77. The normalized spacial score (nSPS) is 25.6. The van der Waals surface area contributed by atoms with Crippen molar-refractivity contribution in [3.8, 4) is 0 Å². The number of aliphatic hydroxyl groups excluding tert-OH is 1. The van der Waals surface area contributed by atoms with Crippen LogP contribution in [0.2, 0.25) is 0 Å². The van der Waals surface area contributed by atoms with Gasteiger partial charge in [0.15, 0.2) is 0 Å². The van der Waals surface area contributed by atoms with E-state index in [9.17, 15) is 9.90 Å². The van der Waals surface area contributed by atoms with Gasteiger partial charge in [0.1, 0.15) is 0 Å². The molecule has 1 aromatic rings. The fourth-order valence-electron chi connectivity index (χ4n) is 3.89. The van der Waals surface area contributed by atoms with Crippen molar-refractivity contribution >= 4 is 11.6 Å². The van der Waals surface area contributed by atoms with Crippen molar-refractivity contribution in [1.82, 2.24) is 4.90 Å². The molecule has 2 unspecified atom stereocenters. The standard InChI is InChI=1S/C19H28N2O2/c1-14-5-7-17(8-6-14)21-11-3-4-18(19(21)23)20-12-9-16(10-13-20)15(2)22/h5-8,15-16,18,22H,3-4,9-13H2,1-2H3. The fraction of sp³-hybridized carbons (Fsp3) is 0.632. The number of amides is 1. The third kappa shape index (κ3) is 3.59. The number of anilines is 1. The molecule has 2 atom stereocenters. The Morgan fingerprint density at radius 3 is 2.35 bits per heavy atom. The zero-order valence-electron chi connectivity index (χ0n) is 14.2. The molecule has 126 valence electrons. The van der Waals surface area contributed by atoms with E-state index in [1.165, 1.54) is 5.56 Å². The molecule has 23 heavy (non-hydrogen) atoms. The van der Waals surface area contributed by atoms with Crippen molar-refractivity contribution in [2.24, 2.45) is 5.92 Å². The minimum absolute atomic E-state index is 0.0139. The van der Waals surface area contributed by atoms with Gasteiger partial charge in [0.05, 0.1) is 12.1 Å². The Kier molecular flexibility index (Phi) is 5.02. The molecule has 0 radical (unpaired) electrons. The predicted octanol–water partition coefficient (Wildman–Crippen LogP) is 2.58. The molecule has 1 N–H and O–H groups in total. The Hall–Kier alpha value is -1.39. The molecule has 2 aliphatic rings. The zero-order valence-corrected chi connectivity index (χ0v) is 14.2. The summed E-state index contributed by atoms with van der Waals surface area (Å²) in [6.45, 7) is 6.62. The highest BCUT2D eigenvalue weighted by Gasteiger charge is 2.36. The highest BCUT2D eigenvalue weighted by atomic mass is 16.3. The Labute approximate surface area is 139 Å². The molecule has 0 aliphatic carbocycles. The summed E-state index contributed by atoms with van der Waals surface area (Å²) in [6, 6.07) is 8.26. The smallest absolute Gasteiger partial charge is 0.244 e. The molecular weight excluding hydrogens is 288 g/mol. The Balaban J connectivity index is 1.67. The third-order valence-corrected chi connectivity index (χ3v) is 5.45. The summed E-state index contributed by atoms with van der Waals surface area (Å²) < 4.78 is 0. The molecule has 1 amide bonds. The molecule has 4 nitrogen and oxygen atoms in total. The van der Waals surface area contributed by atoms with E-state index in [2.05, 4.69) is 36.1 Å². The van der Waals surface area contributed by atoms with Gasteiger partial charge in [-0.05, 0) is 70.7 Å². The minimum atomic E-state index is -0.233. The third-order valence-electron chi connectivity index (χ3n) is 5.45. The maximum atomic E-state index is 13.0. The van der Waals surface area contributed by atoms with Crippen LogP contribution in [0.4, 0.5) is 5.69 Å². The van der Waals surface area contributed by atoms with Gasteiger partial charge < -0.3 is 10.0 Å². The zero-order chi connectivity index (χ0) is 16.4. The average molecular weight is 316 g/mol. The quantitative estimate of drug-likeness (QED) is 0.932. The lowest BCUT2D eigenvalue weighted by atomic mass is 9.90. The molecule has 2 aliphatic heterocycles. The Bertz CT molecular complexity index is 533. The molecule has 0 bridgehead atoms. The lowest BCUT2D eigenvalue weighted by molar-refractivity contribution is -0.126. The first-order chi connectivity index (χ1) is 11.1. The summed E-state index contributed by atoms with van der Waals surface area (Å²) in [7, 11) is 0. The number of rotatable bonds is 3. The Morgan fingerprint density at radius 2 is 1.74 bits per heavy atom. The van der Waals surface area contributed by atoms with E-state index in [0.29, 0.717) is 5.92 Å². The lowest BCUT2D eigenvalue weighted by Crippen LogP contribution is -2.54. The SMILES string of the molecule is Cc1ccc(N2CCCC(N3CCC(C(C)O)CC3)C2=O)cc1. The molecule has 3 rings (SSSR count). The fourth-order valence-corrected chi connectivity index (χ4v) is 3.89. The number of aryl methyl sites for hydroxylation is 1. The number of piperidine rings is 2. The van der Waals surface area contributed by atoms with Gasteiger partial charge in [0.25, 0.3) is 0 Å². The van der Waals surface area contributed by atoms with Crippen LogP contribution in [0.25, 0.3) is 0 Å². The summed E-state index contributed by atoms with van der Waals surface area (Å²) >= 11 is 0. The topological polar surface area (TPSA) is 43.8 Å². The van der Waals surface area contributed by atoms with E-state index in [-0.39, 0.29) is 18.1 Å². The van der Waals surface area contributed by atoms with Crippen molar-refractivity contribution in [3.63, 3.8) is 0 Å². The van der Waals surface area contributed by atoms with Crippen molar-refractivity contribution in [1.29, 1.82) is 0 Å². The number of benzene rings is 1. The number of hydrogen-bond acceptors (Lipinski definition) is 3. The van der Waals surface area contributed by atoms with E-state index >= 15 is 0 Å². The van der Waals surface area contributed by atoms with Gasteiger partial charge in [0.2, 0.25) is 5.91 Å². The van der Waals surface area contributed by atoms with E-state index in [4.69, 9.17) is 0 Å². The molecule has 0 aromatic heterocycles. The number of carbonyl (C=O) groups is 1. The molecule has 1 aromatic carbocycles. The summed E-state index contributed by atoms with van der Waals surface area (Å²) in [5, 5.41) is 9.75. The summed E-state index contributed by atoms with van der Waals surface area (Å²) in [5.41, 5.74) is 2.24. The predicted molar refractivity (Wildman–Crippen MR) is 92.5 cm³/mol. The van der Waals surface area contributed by atoms with Crippen LogP contribution in [0, 0.1) is 12.8 Å². The van der Waals surface area contributed by atoms with Gasteiger partial charge in [-0.1, -0.05) is 17.7 Å². The molecule has 2 saturated heterocycles. The van der Waals surface area contributed by atoms with Crippen LogP contribution in [0.3, 0.4) is 0 Å². The second-order valence-corrected chi connectivity index (χ2v) is 7.10. The van der Waals surface area contributed by atoms with Gasteiger partial charge >= 0.3 is 0 Å². The van der Waals surface area contributed by atoms with Gasteiger partial charge in [-0.3, -0.25) is 9.69 Å². The maximum Gasteiger partial charge on any atom is 0.244 e. The maximum absolute atomic E-state index is 13.0. The van der Waals surface area contributed by atoms with E-state index in [1.54, 1.807) is 0 Å². The largest absolute Gasteiger partial charge is 0.393 e. The van der Waals surface area contributed by atoms with Crippen molar-refractivity contribution < 1.29 is 9.90 Å². The summed E-state index contributed by atoms with van der Waals surface area (Å²) in [4.78, 5) is 17.2. The van der Waals surface area contributed by atoms with Crippen molar-refractivity contribution in [2.75, 3.05) is 24.5 Å². The van der Waals surface area contributed by atoms with E-state index in [0.717, 1.165) is 51.0 Å². The lowest BCUT2D eigenvalue weighted by Gasteiger charge is -2.42. The minimum Gasteiger partial charge on any atom is -0.393 e. The average Bonchev–Trinajstić information content (AvgIpc) is 2.56. The molecule has 2 heterocycles. The number of hydrogen-bond donors (Lipinski definition) is 1. The first-order valence-corrected chi connectivity index (χ1v) is 8.86. The van der Waals surface area contributed by atoms with Crippen LogP contribution < -0.4 is 4.90 Å². The first kappa shape index (κ1) is 16.5. The summed E-state index contributed by atoms with van der Waals surface area (Å²) in [5.74, 6) is 0.633.